The van der Waals surface area contributed by atoms with Crippen LogP contribution in [0.25, 0.3) is 10.8 Å². The molecule has 2 fully saturated rings. The highest BCUT2D eigenvalue weighted by molar-refractivity contribution is 7.89. The molecule has 0 saturated carbocycles. The fourth-order valence-corrected chi connectivity index (χ4v) is 6.08. The predicted molar refractivity (Wildman–Crippen MR) is 119 cm³/mol. The summed E-state index contributed by atoms with van der Waals surface area (Å²) >= 11 is 0. The molecule has 0 radical (unpaired) electrons. The van der Waals surface area contributed by atoms with Gasteiger partial charge >= 0.3 is 0 Å². The van der Waals surface area contributed by atoms with Gasteiger partial charge in [-0.25, -0.2) is 8.42 Å². The molecule has 30 heavy (non-hydrogen) atoms. The van der Waals surface area contributed by atoms with E-state index in [0.29, 0.717) is 24.4 Å². The van der Waals surface area contributed by atoms with Crippen molar-refractivity contribution in [3.63, 3.8) is 0 Å². The maximum atomic E-state index is 13.3. The molecule has 0 aliphatic carbocycles. The first-order chi connectivity index (χ1) is 14.2. The number of carbonyl (C=O) groups is 1. The number of sulfonamides is 1. The fraction of sp³-hybridized carbons (Fsp3) is 0.500. The van der Waals surface area contributed by atoms with Gasteiger partial charge in [0.25, 0.3) is 0 Å². The standard InChI is InChI=1S/C22H30N4O3S/c1-15(2)25-11-12-26-16(14-25)13-19(22(26)27)23-30(28,29)21-10-6-7-17-18(21)8-5-9-20(17)24(3)4/h5-10,15-16,19,23H,11-14H2,1-4H3. The van der Waals surface area contributed by atoms with E-state index in [1.165, 1.54) is 0 Å². The molecule has 0 spiro atoms. The first-order valence-corrected chi connectivity index (χ1v) is 11.9. The molecule has 2 unspecified atom stereocenters. The van der Waals surface area contributed by atoms with Gasteiger partial charge in [-0.1, -0.05) is 24.3 Å². The van der Waals surface area contributed by atoms with Gasteiger partial charge < -0.3 is 9.80 Å². The van der Waals surface area contributed by atoms with Crippen molar-refractivity contribution in [3.05, 3.63) is 36.4 Å². The Bertz CT molecular complexity index is 1070. The van der Waals surface area contributed by atoms with E-state index in [-0.39, 0.29) is 16.8 Å². The molecule has 2 aliphatic heterocycles. The summed E-state index contributed by atoms with van der Waals surface area (Å²) in [6, 6.07) is 10.7. The summed E-state index contributed by atoms with van der Waals surface area (Å²) in [4.78, 5) is 19.3. The Morgan fingerprint density at radius 3 is 2.47 bits per heavy atom. The molecule has 1 N–H and O–H groups in total. The third kappa shape index (κ3) is 3.68. The van der Waals surface area contributed by atoms with Crippen LogP contribution < -0.4 is 9.62 Å². The van der Waals surface area contributed by atoms with E-state index in [9.17, 15) is 13.2 Å². The summed E-state index contributed by atoms with van der Waals surface area (Å²) in [5.74, 6) is -0.110. The Labute approximate surface area is 178 Å². The van der Waals surface area contributed by atoms with Gasteiger partial charge in [-0.2, -0.15) is 4.72 Å². The molecule has 2 heterocycles. The summed E-state index contributed by atoms with van der Waals surface area (Å²) in [6.45, 7) is 6.57. The predicted octanol–water partition coefficient (Wildman–Crippen LogP) is 1.88. The van der Waals surface area contributed by atoms with Gasteiger partial charge in [0.15, 0.2) is 0 Å². The smallest absolute Gasteiger partial charge is 0.241 e. The van der Waals surface area contributed by atoms with E-state index in [1.54, 1.807) is 12.1 Å². The summed E-state index contributed by atoms with van der Waals surface area (Å²) < 4.78 is 29.3. The van der Waals surface area contributed by atoms with Crippen molar-refractivity contribution in [1.82, 2.24) is 14.5 Å². The average Bonchev–Trinajstić information content (AvgIpc) is 3.01. The van der Waals surface area contributed by atoms with Crippen LogP contribution in [0.4, 0.5) is 5.69 Å². The lowest BCUT2D eigenvalue weighted by Gasteiger charge is -2.39. The van der Waals surface area contributed by atoms with Crippen molar-refractivity contribution in [2.24, 2.45) is 0 Å². The van der Waals surface area contributed by atoms with Crippen LogP contribution in [0, 0.1) is 0 Å². The molecule has 0 bridgehead atoms. The van der Waals surface area contributed by atoms with Crippen molar-refractivity contribution < 1.29 is 13.2 Å². The highest BCUT2D eigenvalue weighted by Crippen LogP contribution is 2.31. The quantitative estimate of drug-likeness (QED) is 0.784. The number of piperazine rings is 1. The molecule has 162 valence electrons. The molecule has 8 heteroatoms. The molecule has 2 aliphatic rings. The van der Waals surface area contributed by atoms with E-state index in [2.05, 4.69) is 23.5 Å². The number of hydrogen-bond acceptors (Lipinski definition) is 5. The van der Waals surface area contributed by atoms with Gasteiger partial charge in [0, 0.05) is 62.3 Å². The number of rotatable bonds is 5. The molecule has 2 aromatic carbocycles. The van der Waals surface area contributed by atoms with Crippen LogP contribution in [-0.4, -0.2) is 76.0 Å². The SMILES string of the molecule is CC(C)N1CCN2C(=O)C(NS(=O)(=O)c3cccc4c(N(C)C)cccc34)CC2C1. The largest absolute Gasteiger partial charge is 0.377 e. The van der Waals surface area contributed by atoms with Crippen LogP contribution >= 0.6 is 0 Å². The van der Waals surface area contributed by atoms with E-state index in [1.807, 2.05) is 48.2 Å². The normalized spacial score (nSPS) is 22.7. The van der Waals surface area contributed by atoms with Crippen LogP contribution in [0.3, 0.4) is 0 Å². The molecule has 2 saturated heterocycles. The maximum absolute atomic E-state index is 13.3. The highest BCUT2D eigenvalue weighted by Gasteiger charge is 2.44. The molecule has 0 aromatic heterocycles. The number of carbonyl (C=O) groups excluding carboxylic acids is 1. The lowest BCUT2D eigenvalue weighted by molar-refractivity contribution is -0.132. The number of nitrogens with zero attached hydrogens (tertiary/aromatic N) is 3. The van der Waals surface area contributed by atoms with E-state index < -0.39 is 16.1 Å². The highest BCUT2D eigenvalue weighted by atomic mass is 32.2. The van der Waals surface area contributed by atoms with Gasteiger partial charge in [-0.05, 0) is 32.4 Å². The molecular formula is C22H30N4O3S. The Balaban J connectivity index is 1.61. The molecule has 7 nitrogen and oxygen atoms in total. The minimum atomic E-state index is -3.85. The molecule has 4 rings (SSSR count). The number of benzene rings is 2. The third-order valence-electron chi connectivity index (χ3n) is 6.26. The maximum Gasteiger partial charge on any atom is 0.241 e. The lowest BCUT2D eigenvalue weighted by Crippen LogP contribution is -2.53. The number of anilines is 1. The van der Waals surface area contributed by atoms with Gasteiger partial charge in [0.1, 0.15) is 6.04 Å². The van der Waals surface area contributed by atoms with Crippen LogP contribution in [0.1, 0.15) is 20.3 Å². The van der Waals surface area contributed by atoms with Crippen LogP contribution in [0.5, 0.6) is 0 Å². The molecule has 2 aromatic rings. The zero-order valence-electron chi connectivity index (χ0n) is 18.0. The van der Waals surface area contributed by atoms with Crippen LogP contribution in [0.15, 0.2) is 41.3 Å². The van der Waals surface area contributed by atoms with Crippen molar-refractivity contribution in [2.45, 2.75) is 43.3 Å². The number of amides is 1. The van der Waals surface area contributed by atoms with Crippen molar-refractivity contribution >= 4 is 32.4 Å². The first kappa shape index (κ1) is 21.1. The summed E-state index contributed by atoms with van der Waals surface area (Å²) in [5.41, 5.74) is 0.951. The number of nitrogens with one attached hydrogen (secondary N) is 1. The Morgan fingerprint density at radius 2 is 1.77 bits per heavy atom. The topological polar surface area (TPSA) is 73.0 Å². The fourth-order valence-electron chi connectivity index (χ4n) is 4.65. The minimum absolute atomic E-state index is 0.0641. The van der Waals surface area contributed by atoms with Gasteiger partial charge in [0.05, 0.1) is 4.90 Å². The zero-order chi connectivity index (χ0) is 21.6. The molecular weight excluding hydrogens is 400 g/mol. The van der Waals surface area contributed by atoms with Crippen LogP contribution in [-0.2, 0) is 14.8 Å². The number of hydrogen-bond donors (Lipinski definition) is 1. The number of fused-ring (bicyclic) bond motifs is 2. The molecule has 2 atom stereocenters. The van der Waals surface area contributed by atoms with Gasteiger partial charge in [-0.15, -0.1) is 0 Å². The second-order valence-corrected chi connectivity index (χ2v) is 10.4. The van der Waals surface area contributed by atoms with Crippen molar-refractivity contribution in [1.29, 1.82) is 0 Å². The van der Waals surface area contributed by atoms with Crippen LogP contribution in [0.2, 0.25) is 0 Å². The first-order valence-electron chi connectivity index (χ1n) is 10.4. The van der Waals surface area contributed by atoms with Gasteiger partial charge in [0.2, 0.25) is 15.9 Å². The second-order valence-electron chi connectivity index (χ2n) is 8.71. The summed E-state index contributed by atoms with van der Waals surface area (Å²) in [6.07, 6.45) is 0.509. The Kier molecular flexibility index (Phi) is 5.50. The second kappa shape index (κ2) is 7.83. The monoisotopic (exact) mass is 430 g/mol. The zero-order valence-corrected chi connectivity index (χ0v) is 18.8. The molecule has 1 amide bonds. The van der Waals surface area contributed by atoms with E-state index in [0.717, 1.165) is 24.2 Å². The Hall–Kier alpha value is -2.16. The third-order valence-corrected chi connectivity index (χ3v) is 7.79. The van der Waals surface area contributed by atoms with E-state index in [4.69, 9.17) is 0 Å². The minimum Gasteiger partial charge on any atom is -0.377 e. The summed E-state index contributed by atoms with van der Waals surface area (Å²) in [5, 5.41) is 1.53. The Morgan fingerprint density at radius 1 is 1.07 bits per heavy atom. The van der Waals surface area contributed by atoms with E-state index >= 15 is 0 Å². The lowest BCUT2D eigenvalue weighted by atomic mass is 10.1. The summed E-state index contributed by atoms with van der Waals surface area (Å²) in [7, 11) is 0.0171. The van der Waals surface area contributed by atoms with Gasteiger partial charge in [-0.3, -0.25) is 9.69 Å². The van der Waals surface area contributed by atoms with Crippen molar-refractivity contribution in [3.8, 4) is 0 Å². The average molecular weight is 431 g/mol. The van der Waals surface area contributed by atoms with Crippen molar-refractivity contribution in [2.75, 3.05) is 38.6 Å².